The third-order valence-corrected chi connectivity index (χ3v) is 4.24. The number of carbonyl (C=O) groups is 2. The van der Waals surface area contributed by atoms with Crippen LogP contribution in [0.25, 0.3) is 0 Å². The molecule has 0 radical (unpaired) electrons. The molecule has 1 heterocycles. The van der Waals surface area contributed by atoms with Crippen LogP contribution in [0.5, 0.6) is 5.75 Å². The van der Waals surface area contributed by atoms with Gasteiger partial charge in [-0.1, -0.05) is 32.9 Å². The lowest BCUT2D eigenvalue weighted by molar-refractivity contribution is -0.133. The second-order valence-corrected chi connectivity index (χ2v) is 7.52. The maximum Gasteiger partial charge on any atom is 0.223 e. The standard InChI is InChI=1S/C19H28N2O3/c1-13-11-14(12-17(22)21-13)18(23)20-9-10-24-16-7-5-15(6-8-16)19(2,3)4/h5-8,13-14H,9-12H2,1-4H3,(H,20,23)(H,21,22)/t13-,14+/m0/s1. The molecule has 0 unspecified atom stereocenters. The van der Waals surface area contributed by atoms with Crippen LogP contribution in [0.2, 0.25) is 0 Å². The van der Waals surface area contributed by atoms with Crippen molar-refractivity contribution in [1.29, 1.82) is 0 Å². The minimum absolute atomic E-state index is 0.0518. The summed E-state index contributed by atoms with van der Waals surface area (Å²) in [6.45, 7) is 9.28. The molecule has 1 aromatic carbocycles. The largest absolute Gasteiger partial charge is 0.492 e. The van der Waals surface area contributed by atoms with E-state index in [0.29, 0.717) is 19.6 Å². The Kier molecular flexibility index (Phi) is 5.86. The fourth-order valence-electron chi connectivity index (χ4n) is 2.86. The van der Waals surface area contributed by atoms with Gasteiger partial charge < -0.3 is 15.4 Å². The Morgan fingerprint density at radius 2 is 1.96 bits per heavy atom. The van der Waals surface area contributed by atoms with E-state index in [1.165, 1.54) is 5.56 Å². The topological polar surface area (TPSA) is 67.4 Å². The number of piperidine rings is 1. The van der Waals surface area contributed by atoms with Crippen LogP contribution < -0.4 is 15.4 Å². The van der Waals surface area contributed by atoms with Crippen molar-refractivity contribution < 1.29 is 14.3 Å². The summed E-state index contributed by atoms with van der Waals surface area (Å²) in [5.41, 5.74) is 1.38. The average molecular weight is 332 g/mol. The van der Waals surface area contributed by atoms with Crippen molar-refractivity contribution in [2.45, 2.75) is 52.0 Å². The third-order valence-electron chi connectivity index (χ3n) is 4.24. The Morgan fingerprint density at radius 3 is 2.54 bits per heavy atom. The monoisotopic (exact) mass is 332 g/mol. The number of nitrogens with one attached hydrogen (secondary N) is 2. The predicted molar refractivity (Wildman–Crippen MR) is 94.0 cm³/mol. The minimum Gasteiger partial charge on any atom is -0.492 e. The number of amides is 2. The van der Waals surface area contributed by atoms with Crippen molar-refractivity contribution in [2.24, 2.45) is 5.92 Å². The Hall–Kier alpha value is -2.04. The highest BCUT2D eigenvalue weighted by molar-refractivity contribution is 5.87. The molecule has 0 aliphatic carbocycles. The maximum atomic E-state index is 12.1. The molecule has 2 rings (SSSR count). The summed E-state index contributed by atoms with van der Waals surface area (Å²) >= 11 is 0. The molecular weight excluding hydrogens is 304 g/mol. The molecule has 0 saturated carbocycles. The molecule has 1 fully saturated rings. The first-order valence-corrected chi connectivity index (χ1v) is 8.56. The third kappa shape index (κ3) is 5.25. The molecule has 2 N–H and O–H groups in total. The van der Waals surface area contributed by atoms with Crippen LogP contribution in [0.4, 0.5) is 0 Å². The number of rotatable bonds is 5. The van der Waals surface area contributed by atoms with Crippen molar-refractivity contribution in [3.63, 3.8) is 0 Å². The van der Waals surface area contributed by atoms with Crippen molar-refractivity contribution in [3.8, 4) is 5.75 Å². The zero-order chi connectivity index (χ0) is 17.7. The SMILES string of the molecule is C[C@H]1C[C@@H](C(=O)NCCOc2ccc(C(C)(C)C)cc2)CC(=O)N1. The first-order chi connectivity index (χ1) is 11.3. The Morgan fingerprint density at radius 1 is 1.29 bits per heavy atom. The first-order valence-electron chi connectivity index (χ1n) is 8.56. The van der Waals surface area contributed by atoms with Crippen LogP contribution in [0.1, 0.15) is 46.1 Å². The highest BCUT2D eigenvalue weighted by Gasteiger charge is 2.28. The van der Waals surface area contributed by atoms with Gasteiger partial charge >= 0.3 is 0 Å². The van der Waals surface area contributed by atoms with Crippen LogP contribution in [-0.4, -0.2) is 31.0 Å². The summed E-state index contributed by atoms with van der Waals surface area (Å²) in [7, 11) is 0. The van der Waals surface area contributed by atoms with E-state index in [9.17, 15) is 9.59 Å². The molecule has 2 amide bonds. The van der Waals surface area contributed by atoms with Gasteiger partial charge in [-0.05, 0) is 36.5 Å². The Bertz CT molecular complexity index is 575. The summed E-state index contributed by atoms with van der Waals surface area (Å²) in [5, 5.41) is 5.68. The van der Waals surface area contributed by atoms with Gasteiger partial charge in [-0.25, -0.2) is 0 Å². The summed E-state index contributed by atoms with van der Waals surface area (Å²) in [6.07, 6.45) is 0.956. The maximum absolute atomic E-state index is 12.1. The molecule has 0 aromatic heterocycles. The molecule has 5 heteroatoms. The van der Waals surface area contributed by atoms with Crippen molar-refractivity contribution in [2.75, 3.05) is 13.2 Å². The van der Waals surface area contributed by atoms with Crippen molar-refractivity contribution in [3.05, 3.63) is 29.8 Å². The first kappa shape index (κ1) is 18.3. The molecule has 132 valence electrons. The number of hydrogen-bond acceptors (Lipinski definition) is 3. The fourth-order valence-corrected chi connectivity index (χ4v) is 2.86. The van der Waals surface area contributed by atoms with Gasteiger partial charge in [0.05, 0.1) is 6.54 Å². The second kappa shape index (κ2) is 7.69. The van der Waals surface area contributed by atoms with Crippen LogP contribution in [0.15, 0.2) is 24.3 Å². The van der Waals surface area contributed by atoms with Gasteiger partial charge in [-0.15, -0.1) is 0 Å². The molecule has 24 heavy (non-hydrogen) atoms. The molecule has 0 bridgehead atoms. The van der Waals surface area contributed by atoms with Gasteiger partial charge in [0.2, 0.25) is 11.8 Å². The van der Waals surface area contributed by atoms with Crippen LogP contribution in [-0.2, 0) is 15.0 Å². The van der Waals surface area contributed by atoms with E-state index >= 15 is 0 Å². The molecule has 2 atom stereocenters. The lowest BCUT2D eigenvalue weighted by Crippen LogP contribution is -2.46. The molecular formula is C19H28N2O3. The molecule has 1 aliphatic heterocycles. The normalized spacial score (nSPS) is 21.1. The van der Waals surface area contributed by atoms with E-state index in [4.69, 9.17) is 4.74 Å². The Labute approximate surface area is 144 Å². The zero-order valence-corrected chi connectivity index (χ0v) is 15.0. The lowest BCUT2D eigenvalue weighted by atomic mass is 9.87. The number of benzene rings is 1. The number of carbonyl (C=O) groups excluding carboxylic acids is 2. The van der Waals surface area contributed by atoms with Gasteiger partial charge in [0.25, 0.3) is 0 Å². The molecule has 1 aromatic rings. The van der Waals surface area contributed by atoms with E-state index in [0.717, 1.165) is 5.75 Å². The lowest BCUT2D eigenvalue weighted by Gasteiger charge is -2.26. The fraction of sp³-hybridized carbons (Fsp3) is 0.579. The smallest absolute Gasteiger partial charge is 0.223 e. The van der Waals surface area contributed by atoms with Gasteiger partial charge in [-0.3, -0.25) is 9.59 Å². The summed E-state index contributed by atoms with van der Waals surface area (Å²) in [5.74, 6) is 0.440. The quantitative estimate of drug-likeness (QED) is 0.814. The highest BCUT2D eigenvalue weighted by atomic mass is 16.5. The molecule has 5 nitrogen and oxygen atoms in total. The average Bonchev–Trinajstić information content (AvgIpc) is 2.50. The summed E-state index contributed by atoms with van der Waals surface area (Å²) in [4.78, 5) is 23.6. The van der Waals surface area contributed by atoms with Gasteiger partial charge in [0, 0.05) is 18.4 Å². The molecule has 0 spiro atoms. The van der Waals surface area contributed by atoms with Gasteiger partial charge in [-0.2, -0.15) is 0 Å². The number of hydrogen-bond donors (Lipinski definition) is 2. The Balaban J connectivity index is 1.72. The predicted octanol–water partition coefficient (Wildman–Crippen LogP) is 2.39. The zero-order valence-electron chi connectivity index (χ0n) is 15.0. The molecule has 1 saturated heterocycles. The van der Waals surface area contributed by atoms with Crippen molar-refractivity contribution in [1.82, 2.24) is 10.6 Å². The minimum atomic E-state index is -0.236. The highest BCUT2D eigenvalue weighted by Crippen LogP contribution is 2.24. The van der Waals surface area contributed by atoms with E-state index in [1.807, 2.05) is 19.1 Å². The van der Waals surface area contributed by atoms with E-state index in [2.05, 4.69) is 43.5 Å². The van der Waals surface area contributed by atoms with E-state index < -0.39 is 0 Å². The van der Waals surface area contributed by atoms with Gasteiger partial charge in [0.1, 0.15) is 12.4 Å². The summed E-state index contributed by atoms with van der Waals surface area (Å²) < 4.78 is 5.66. The van der Waals surface area contributed by atoms with Gasteiger partial charge in [0.15, 0.2) is 0 Å². The van der Waals surface area contributed by atoms with Crippen molar-refractivity contribution >= 4 is 11.8 Å². The van der Waals surface area contributed by atoms with Crippen LogP contribution in [0.3, 0.4) is 0 Å². The van der Waals surface area contributed by atoms with E-state index in [1.54, 1.807) is 0 Å². The van der Waals surface area contributed by atoms with E-state index in [-0.39, 0.29) is 35.6 Å². The number of ether oxygens (including phenoxy) is 1. The molecule has 1 aliphatic rings. The second-order valence-electron chi connectivity index (χ2n) is 7.52. The van der Waals surface area contributed by atoms with Crippen LogP contribution >= 0.6 is 0 Å². The van der Waals surface area contributed by atoms with Crippen LogP contribution in [0, 0.1) is 5.92 Å². The summed E-state index contributed by atoms with van der Waals surface area (Å²) in [6, 6.07) is 8.09.